The third-order valence-corrected chi connectivity index (χ3v) is 4.03. The molecule has 1 aliphatic carbocycles. The van der Waals surface area contributed by atoms with Gasteiger partial charge in [-0.1, -0.05) is 25.4 Å². The van der Waals surface area contributed by atoms with Gasteiger partial charge < -0.3 is 15.2 Å². The molecule has 0 spiro atoms. The maximum atomic E-state index is 12.2. The van der Waals surface area contributed by atoms with Crippen molar-refractivity contribution >= 4 is 29.2 Å². The van der Waals surface area contributed by atoms with Gasteiger partial charge in [0.15, 0.2) is 0 Å². The van der Waals surface area contributed by atoms with Crippen LogP contribution in [0.5, 0.6) is 5.75 Å². The van der Waals surface area contributed by atoms with Gasteiger partial charge in [0.25, 0.3) is 0 Å². The number of carbonyl (C=O) groups is 2. The van der Waals surface area contributed by atoms with E-state index in [1.807, 2.05) is 0 Å². The first-order valence-corrected chi connectivity index (χ1v) is 6.54. The molecular weight excluding hydrogens is 282 g/mol. The van der Waals surface area contributed by atoms with Gasteiger partial charge in [0.2, 0.25) is 5.91 Å². The largest absolute Gasteiger partial charge is 0.495 e. The average Bonchev–Trinajstić information content (AvgIpc) is 2.93. The van der Waals surface area contributed by atoms with Crippen molar-refractivity contribution in [3.63, 3.8) is 0 Å². The fourth-order valence-corrected chi connectivity index (χ4v) is 2.75. The van der Waals surface area contributed by atoms with Crippen molar-refractivity contribution < 1.29 is 19.4 Å². The summed E-state index contributed by atoms with van der Waals surface area (Å²) in [6.45, 7) is 3.54. The van der Waals surface area contributed by atoms with Crippen LogP contribution in [-0.2, 0) is 9.59 Å². The molecule has 2 rings (SSSR count). The second kappa shape index (κ2) is 4.98. The first kappa shape index (κ1) is 14.7. The van der Waals surface area contributed by atoms with Crippen LogP contribution in [0.1, 0.15) is 13.8 Å². The molecule has 1 aromatic carbocycles. The highest BCUT2D eigenvalue weighted by atomic mass is 35.5. The molecule has 1 aromatic rings. The molecule has 108 valence electrons. The van der Waals surface area contributed by atoms with Crippen LogP contribution in [-0.4, -0.2) is 24.1 Å². The lowest BCUT2D eigenvalue weighted by Gasteiger charge is -2.11. The Morgan fingerprint density at radius 2 is 2.00 bits per heavy atom. The number of ether oxygens (including phenoxy) is 1. The third-order valence-electron chi connectivity index (χ3n) is 3.80. The number of hydrogen-bond donors (Lipinski definition) is 2. The summed E-state index contributed by atoms with van der Waals surface area (Å²) in [6.07, 6.45) is 0. The molecule has 1 amide bonds. The number of rotatable bonds is 4. The summed E-state index contributed by atoms with van der Waals surface area (Å²) in [5, 5.41) is 12.3. The Hall–Kier alpha value is -1.75. The average molecular weight is 298 g/mol. The standard InChI is InChI=1S/C14H16ClNO4/c1-14(2)10(11(14)13(18)19)12(17)16-8-6-7(15)4-5-9(8)20-3/h4-6,10-11H,1-3H3,(H,16,17)(H,18,19)/t10-,11+/m1/s1. The summed E-state index contributed by atoms with van der Waals surface area (Å²) < 4.78 is 5.14. The van der Waals surface area contributed by atoms with Gasteiger partial charge in [-0.25, -0.2) is 0 Å². The second-order valence-corrected chi connectivity index (χ2v) is 5.89. The zero-order chi connectivity index (χ0) is 15.1. The van der Waals surface area contributed by atoms with Crippen LogP contribution in [0.15, 0.2) is 18.2 Å². The van der Waals surface area contributed by atoms with Crippen LogP contribution in [0, 0.1) is 17.3 Å². The summed E-state index contributed by atoms with van der Waals surface area (Å²) >= 11 is 5.89. The number of carboxylic acids is 1. The van der Waals surface area contributed by atoms with Gasteiger partial charge in [0.1, 0.15) is 5.75 Å². The Bertz CT molecular complexity index is 570. The number of benzene rings is 1. The Labute approximate surface area is 121 Å². The molecule has 0 bridgehead atoms. The number of methoxy groups -OCH3 is 1. The van der Waals surface area contributed by atoms with E-state index in [9.17, 15) is 9.59 Å². The van der Waals surface area contributed by atoms with Crippen molar-refractivity contribution in [1.29, 1.82) is 0 Å². The maximum absolute atomic E-state index is 12.2. The van der Waals surface area contributed by atoms with Crippen LogP contribution >= 0.6 is 11.6 Å². The molecule has 0 aliphatic heterocycles. The number of anilines is 1. The molecule has 0 radical (unpaired) electrons. The van der Waals surface area contributed by atoms with Gasteiger partial charge in [-0.15, -0.1) is 0 Å². The van der Waals surface area contributed by atoms with Crippen molar-refractivity contribution in [2.75, 3.05) is 12.4 Å². The second-order valence-electron chi connectivity index (χ2n) is 5.45. The molecule has 2 N–H and O–H groups in total. The highest BCUT2D eigenvalue weighted by Crippen LogP contribution is 2.58. The molecule has 0 aromatic heterocycles. The molecule has 20 heavy (non-hydrogen) atoms. The van der Waals surface area contributed by atoms with Crippen LogP contribution in [0.3, 0.4) is 0 Å². The summed E-state index contributed by atoms with van der Waals surface area (Å²) in [6, 6.07) is 4.87. The predicted octanol–water partition coefficient (Wildman–Crippen LogP) is 2.64. The molecule has 0 saturated heterocycles. The lowest BCUT2D eigenvalue weighted by molar-refractivity contribution is -0.140. The first-order valence-electron chi connectivity index (χ1n) is 6.16. The summed E-state index contributed by atoms with van der Waals surface area (Å²) in [5.41, 5.74) is -0.0984. The number of amides is 1. The Morgan fingerprint density at radius 1 is 1.35 bits per heavy atom. The zero-order valence-corrected chi connectivity index (χ0v) is 12.2. The molecule has 5 nitrogen and oxygen atoms in total. The number of nitrogens with one attached hydrogen (secondary N) is 1. The van der Waals surface area contributed by atoms with E-state index in [2.05, 4.69) is 5.32 Å². The molecule has 1 fully saturated rings. The lowest BCUT2D eigenvalue weighted by Crippen LogP contribution is -2.18. The van der Waals surface area contributed by atoms with Crippen molar-refractivity contribution in [3.8, 4) is 5.75 Å². The van der Waals surface area contributed by atoms with E-state index in [1.54, 1.807) is 32.0 Å². The van der Waals surface area contributed by atoms with Crippen LogP contribution in [0.2, 0.25) is 5.02 Å². The quantitative estimate of drug-likeness (QED) is 0.896. The first-order chi connectivity index (χ1) is 9.28. The van der Waals surface area contributed by atoms with Crippen molar-refractivity contribution in [1.82, 2.24) is 0 Å². The Kier molecular flexibility index (Phi) is 3.65. The van der Waals surface area contributed by atoms with Crippen LogP contribution in [0.25, 0.3) is 0 Å². The minimum Gasteiger partial charge on any atom is -0.495 e. The molecule has 6 heteroatoms. The normalized spacial score (nSPS) is 23.0. The van der Waals surface area contributed by atoms with E-state index >= 15 is 0 Å². The van der Waals surface area contributed by atoms with Crippen LogP contribution < -0.4 is 10.1 Å². The third kappa shape index (κ3) is 2.45. The van der Waals surface area contributed by atoms with Gasteiger partial charge in [-0.2, -0.15) is 0 Å². The molecule has 1 aliphatic rings. The lowest BCUT2D eigenvalue weighted by atomic mass is 10.1. The fourth-order valence-electron chi connectivity index (χ4n) is 2.58. The smallest absolute Gasteiger partial charge is 0.307 e. The number of carboxylic acid groups (broad SMARTS) is 1. The van der Waals surface area contributed by atoms with E-state index in [-0.39, 0.29) is 5.91 Å². The summed E-state index contributed by atoms with van der Waals surface area (Å²) in [5.74, 6) is -2.01. The molecule has 2 atom stereocenters. The van der Waals surface area contributed by atoms with E-state index in [0.29, 0.717) is 16.5 Å². The van der Waals surface area contributed by atoms with E-state index in [1.165, 1.54) is 7.11 Å². The number of aliphatic carboxylic acids is 1. The Morgan fingerprint density at radius 3 is 2.50 bits per heavy atom. The van der Waals surface area contributed by atoms with E-state index < -0.39 is 23.2 Å². The van der Waals surface area contributed by atoms with Gasteiger partial charge >= 0.3 is 5.97 Å². The maximum Gasteiger partial charge on any atom is 0.307 e. The summed E-state index contributed by atoms with van der Waals surface area (Å²) in [4.78, 5) is 23.3. The van der Waals surface area contributed by atoms with Gasteiger partial charge in [0, 0.05) is 5.02 Å². The van der Waals surface area contributed by atoms with Gasteiger partial charge in [0.05, 0.1) is 24.6 Å². The minimum atomic E-state index is -0.951. The Balaban J connectivity index is 2.18. The SMILES string of the molecule is COc1ccc(Cl)cc1NC(=O)[C@H]1[C@@H](C(=O)O)C1(C)C. The van der Waals surface area contributed by atoms with Crippen molar-refractivity contribution in [3.05, 3.63) is 23.2 Å². The molecule has 0 unspecified atom stereocenters. The number of carbonyl (C=O) groups excluding carboxylic acids is 1. The predicted molar refractivity (Wildman–Crippen MR) is 75.0 cm³/mol. The van der Waals surface area contributed by atoms with Crippen molar-refractivity contribution in [2.45, 2.75) is 13.8 Å². The zero-order valence-electron chi connectivity index (χ0n) is 11.4. The molecule has 1 saturated carbocycles. The van der Waals surface area contributed by atoms with Crippen LogP contribution in [0.4, 0.5) is 5.69 Å². The van der Waals surface area contributed by atoms with Gasteiger partial charge in [-0.3, -0.25) is 9.59 Å². The fraction of sp³-hybridized carbons (Fsp3) is 0.429. The minimum absolute atomic E-state index is 0.331. The highest BCUT2D eigenvalue weighted by molar-refractivity contribution is 6.31. The van der Waals surface area contributed by atoms with Crippen molar-refractivity contribution in [2.24, 2.45) is 17.3 Å². The number of halogens is 1. The highest BCUT2D eigenvalue weighted by Gasteiger charge is 2.65. The molecule has 0 heterocycles. The van der Waals surface area contributed by atoms with Gasteiger partial charge in [-0.05, 0) is 23.6 Å². The molecular formula is C14H16ClNO4. The van der Waals surface area contributed by atoms with E-state index in [0.717, 1.165) is 0 Å². The topological polar surface area (TPSA) is 75.6 Å². The monoisotopic (exact) mass is 297 g/mol. The summed E-state index contributed by atoms with van der Waals surface area (Å²) in [7, 11) is 1.49. The number of hydrogen-bond acceptors (Lipinski definition) is 3. The van der Waals surface area contributed by atoms with E-state index in [4.69, 9.17) is 21.4 Å².